The van der Waals surface area contributed by atoms with Gasteiger partial charge in [-0.2, -0.15) is 5.26 Å². The largest absolute Gasteiger partial charge is 0.301 e. The van der Waals surface area contributed by atoms with Gasteiger partial charge in [0, 0.05) is 25.7 Å². The van der Waals surface area contributed by atoms with Crippen molar-refractivity contribution in [3.63, 3.8) is 0 Å². The second kappa shape index (κ2) is 6.54. The van der Waals surface area contributed by atoms with E-state index in [9.17, 15) is 0 Å². The summed E-state index contributed by atoms with van der Waals surface area (Å²) in [7, 11) is 2.16. The van der Waals surface area contributed by atoms with Crippen LogP contribution >= 0.6 is 0 Å². The maximum Gasteiger partial charge on any atom is 0.0638 e. The van der Waals surface area contributed by atoms with E-state index in [1.54, 1.807) is 0 Å². The lowest BCUT2D eigenvalue weighted by Gasteiger charge is -2.30. The summed E-state index contributed by atoms with van der Waals surface area (Å²) < 4.78 is 0. The van der Waals surface area contributed by atoms with E-state index in [0.29, 0.717) is 17.9 Å². The van der Waals surface area contributed by atoms with Gasteiger partial charge in [0.2, 0.25) is 0 Å². The molecule has 1 saturated heterocycles. The van der Waals surface area contributed by atoms with Crippen LogP contribution in [0.15, 0.2) is 0 Å². The van der Waals surface area contributed by atoms with Crippen LogP contribution in [0, 0.1) is 22.7 Å². The summed E-state index contributed by atoms with van der Waals surface area (Å²) in [6.45, 7) is 13.7. The molecule has 1 unspecified atom stereocenters. The van der Waals surface area contributed by atoms with Crippen LogP contribution in [0.25, 0.3) is 0 Å². The van der Waals surface area contributed by atoms with Crippen molar-refractivity contribution >= 4 is 0 Å². The molecule has 0 radical (unpaired) electrons. The van der Waals surface area contributed by atoms with Crippen LogP contribution in [0.2, 0.25) is 0 Å². The highest BCUT2D eigenvalue weighted by Gasteiger charge is 2.31. The number of hydrogen-bond donors (Lipinski definition) is 0. The Hall–Kier alpha value is -0.590. The normalized spacial score (nSPS) is 25.9. The molecule has 0 aromatic carbocycles. The number of hydrogen-bond acceptors (Lipinski definition) is 3. The lowest BCUT2D eigenvalue weighted by molar-refractivity contribution is 0.188. The van der Waals surface area contributed by atoms with E-state index in [-0.39, 0.29) is 0 Å². The Kier molecular flexibility index (Phi) is 5.62. The van der Waals surface area contributed by atoms with Gasteiger partial charge in [-0.3, -0.25) is 0 Å². The van der Waals surface area contributed by atoms with Crippen LogP contribution < -0.4 is 0 Å². The molecule has 0 bridgehead atoms. The summed E-state index contributed by atoms with van der Waals surface area (Å²) in [5.74, 6) is 0.753. The van der Waals surface area contributed by atoms with E-state index in [1.807, 2.05) is 0 Å². The van der Waals surface area contributed by atoms with Gasteiger partial charge in [0.1, 0.15) is 0 Å². The monoisotopic (exact) mass is 251 g/mol. The molecule has 1 atom stereocenters. The molecule has 1 aliphatic rings. The van der Waals surface area contributed by atoms with E-state index in [0.717, 1.165) is 32.1 Å². The highest BCUT2D eigenvalue weighted by atomic mass is 15.2. The van der Waals surface area contributed by atoms with Crippen molar-refractivity contribution in [2.75, 3.05) is 33.2 Å². The minimum atomic E-state index is 0.315. The Bertz CT molecular complexity index is 291. The number of rotatable bonds is 4. The van der Waals surface area contributed by atoms with Crippen LogP contribution in [0.3, 0.4) is 0 Å². The Balaban J connectivity index is 2.68. The average molecular weight is 251 g/mol. The van der Waals surface area contributed by atoms with Crippen LogP contribution in [-0.2, 0) is 0 Å². The van der Waals surface area contributed by atoms with E-state index in [2.05, 4.69) is 50.6 Å². The van der Waals surface area contributed by atoms with Gasteiger partial charge in [-0.1, -0.05) is 27.7 Å². The van der Waals surface area contributed by atoms with Crippen LogP contribution in [0.5, 0.6) is 0 Å². The van der Waals surface area contributed by atoms with Gasteiger partial charge in [-0.15, -0.1) is 0 Å². The number of likely N-dealkylation sites (N-methyl/N-ethyl adjacent to an activating group) is 1. The van der Waals surface area contributed by atoms with Gasteiger partial charge in [0.25, 0.3) is 0 Å². The summed E-state index contributed by atoms with van der Waals surface area (Å²) in [5, 5.41) is 8.97. The molecule has 1 aliphatic heterocycles. The van der Waals surface area contributed by atoms with Gasteiger partial charge in [0.15, 0.2) is 0 Å². The number of nitriles is 1. The Labute approximate surface area is 113 Å². The van der Waals surface area contributed by atoms with Gasteiger partial charge in [-0.25, -0.2) is 0 Å². The molecule has 0 N–H and O–H groups in total. The molecule has 0 aliphatic carbocycles. The molecule has 0 saturated carbocycles. The smallest absolute Gasteiger partial charge is 0.0638 e. The fourth-order valence-corrected chi connectivity index (χ4v) is 2.90. The standard InChI is InChI=1S/C15H29N3/c1-13(2)7-9-18-10-14(6-8-16)17(5)11-15(3,4)12-18/h13-14H,6-7,9-12H2,1-5H3. The molecule has 3 heteroatoms. The predicted molar refractivity (Wildman–Crippen MR) is 76.3 cm³/mol. The third-order valence-electron chi connectivity index (χ3n) is 3.77. The lowest BCUT2D eigenvalue weighted by atomic mass is 9.92. The first-order valence-corrected chi connectivity index (χ1v) is 7.13. The van der Waals surface area contributed by atoms with Crippen LogP contribution in [0.1, 0.15) is 40.5 Å². The molecule has 1 fully saturated rings. The Morgan fingerprint density at radius 3 is 2.56 bits per heavy atom. The minimum absolute atomic E-state index is 0.315. The molecule has 0 aromatic heterocycles. The second-order valence-electron chi connectivity index (χ2n) is 7.01. The molecule has 0 spiro atoms. The fraction of sp³-hybridized carbons (Fsp3) is 0.933. The van der Waals surface area contributed by atoms with Gasteiger partial charge >= 0.3 is 0 Å². The zero-order chi connectivity index (χ0) is 13.8. The quantitative estimate of drug-likeness (QED) is 0.769. The first kappa shape index (κ1) is 15.5. The zero-order valence-electron chi connectivity index (χ0n) is 12.7. The van der Waals surface area contributed by atoms with Crippen molar-refractivity contribution in [1.82, 2.24) is 9.80 Å². The maximum absolute atomic E-state index is 8.97. The SMILES string of the molecule is CC(C)CCN1CC(CC#N)N(C)CC(C)(C)C1. The van der Waals surface area contributed by atoms with E-state index in [4.69, 9.17) is 5.26 Å². The van der Waals surface area contributed by atoms with E-state index >= 15 is 0 Å². The first-order valence-electron chi connectivity index (χ1n) is 7.13. The molecule has 104 valence electrons. The second-order valence-corrected chi connectivity index (χ2v) is 7.01. The Morgan fingerprint density at radius 2 is 2.00 bits per heavy atom. The topological polar surface area (TPSA) is 30.3 Å². The first-order chi connectivity index (χ1) is 8.34. The highest BCUT2D eigenvalue weighted by Crippen LogP contribution is 2.25. The molecule has 18 heavy (non-hydrogen) atoms. The summed E-state index contributed by atoms with van der Waals surface area (Å²) in [4.78, 5) is 4.93. The molecule has 1 heterocycles. The van der Waals surface area contributed by atoms with E-state index in [1.165, 1.54) is 6.42 Å². The maximum atomic E-state index is 8.97. The highest BCUT2D eigenvalue weighted by molar-refractivity contribution is 4.91. The van der Waals surface area contributed by atoms with Gasteiger partial charge < -0.3 is 9.80 Å². The van der Waals surface area contributed by atoms with Crippen LogP contribution in [-0.4, -0.2) is 49.1 Å². The molecular weight excluding hydrogens is 222 g/mol. The summed E-state index contributed by atoms with van der Waals surface area (Å²) >= 11 is 0. The van der Waals surface area contributed by atoms with Gasteiger partial charge in [-0.05, 0) is 31.3 Å². The van der Waals surface area contributed by atoms with Crippen molar-refractivity contribution in [2.45, 2.75) is 46.6 Å². The fourth-order valence-electron chi connectivity index (χ4n) is 2.90. The lowest BCUT2D eigenvalue weighted by Crippen LogP contribution is -2.39. The molecule has 0 aromatic rings. The molecular formula is C15H29N3. The van der Waals surface area contributed by atoms with E-state index < -0.39 is 0 Å². The predicted octanol–water partition coefficient (Wildman–Crippen LogP) is 2.59. The average Bonchev–Trinajstić information content (AvgIpc) is 2.33. The Morgan fingerprint density at radius 1 is 1.33 bits per heavy atom. The molecule has 3 nitrogen and oxygen atoms in total. The minimum Gasteiger partial charge on any atom is -0.301 e. The van der Waals surface area contributed by atoms with Crippen LogP contribution in [0.4, 0.5) is 0 Å². The number of nitrogens with zero attached hydrogens (tertiary/aromatic N) is 3. The van der Waals surface area contributed by atoms with Gasteiger partial charge in [0.05, 0.1) is 12.5 Å². The zero-order valence-corrected chi connectivity index (χ0v) is 12.7. The summed E-state index contributed by atoms with van der Waals surface area (Å²) in [6, 6.07) is 2.73. The molecule has 1 rings (SSSR count). The summed E-state index contributed by atoms with van der Waals surface area (Å²) in [5.41, 5.74) is 0.315. The van der Waals surface area contributed by atoms with Crippen molar-refractivity contribution in [3.8, 4) is 6.07 Å². The van der Waals surface area contributed by atoms with Crippen molar-refractivity contribution in [3.05, 3.63) is 0 Å². The van der Waals surface area contributed by atoms with Crippen molar-refractivity contribution in [2.24, 2.45) is 11.3 Å². The summed E-state index contributed by atoms with van der Waals surface area (Å²) in [6.07, 6.45) is 1.89. The third-order valence-corrected chi connectivity index (χ3v) is 3.77. The van der Waals surface area contributed by atoms with Crippen molar-refractivity contribution in [1.29, 1.82) is 5.26 Å². The third kappa shape index (κ3) is 4.96. The van der Waals surface area contributed by atoms with Crippen molar-refractivity contribution < 1.29 is 0 Å². The molecule has 0 amide bonds.